The third-order valence-electron chi connectivity index (χ3n) is 4.63. The number of likely N-dealkylation sites (tertiary alicyclic amines) is 1. The van der Waals surface area contributed by atoms with Gasteiger partial charge in [0.25, 0.3) is 0 Å². The first-order valence-corrected chi connectivity index (χ1v) is 9.04. The fourth-order valence-electron chi connectivity index (χ4n) is 3.33. The molecule has 1 aromatic heterocycles. The van der Waals surface area contributed by atoms with E-state index in [4.69, 9.17) is 4.98 Å². The number of aromatic nitrogens is 1. The number of nitrogens with zero attached hydrogens (tertiary/aromatic N) is 2. The van der Waals surface area contributed by atoms with E-state index in [0.717, 1.165) is 45.2 Å². The number of carbonyl (C=O) groups is 1. The molecule has 0 saturated carbocycles. The van der Waals surface area contributed by atoms with Gasteiger partial charge in [-0.3, -0.25) is 4.79 Å². The lowest BCUT2D eigenvalue weighted by Gasteiger charge is -2.34. The highest BCUT2D eigenvalue weighted by Gasteiger charge is 2.30. The average molecular weight is 304 g/mol. The molecule has 0 N–H and O–H groups in total. The molecule has 0 aromatic carbocycles. The lowest BCUT2D eigenvalue weighted by molar-refractivity contribution is -0.137. The van der Waals surface area contributed by atoms with Gasteiger partial charge >= 0.3 is 0 Å². The highest BCUT2D eigenvalue weighted by Crippen LogP contribution is 2.31. The summed E-state index contributed by atoms with van der Waals surface area (Å²) in [5, 5.41) is 3.40. The molecule has 2 aliphatic rings. The molecule has 1 aliphatic carbocycles. The summed E-state index contributed by atoms with van der Waals surface area (Å²) >= 11 is 1.77. The van der Waals surface area contributed by atoms with E-state index in [2.05, 4.69) is 29.4 Å². The van der Waals surface area contributed by atoms with E-state index in [9.17, 15) is 4.79 Å². The van der Waals surface area contributed by atoms with Crippen molar-refractivity contribution >= 4 is 17.2 Å². The molecule has 0 spiro atoms. The predicted molar refractivity (Wildman–Crippen MR) is 86.5 cm³/mol. The molecule has 0 bridgehead atoms. The molecule has 1 amide bonds. The Bertz CT molecular complexity index is 523. The van der Waals surface area contributed by atoms with Crippen molar-refractivity contribution in [2.24, 2.45) is 5.92 Å². The van der Waals surface area contributed by atoms with Gasteiger partial charge in [0, 0.05) is 30.3 Å². The molecule has 3 nitrogen and oxygen atoms in total. The van der Waals surface area contributed by atoms with Crippen molar-refractivity contribution in [1.82, 2.24) is 9.88 Å². The van der Waals surface area contributed by atoms with Crippen molar-refractivity contribution in [1.29, 1.82) is 0 Å². The minimum absolute atomic E-state index is 0.219. The fraction of sp³-hybridized carbons (Fsp3) is 0.647. The largest absolute Gasteiger partial charge is 0.342 e. The Morgan fingerprint density at radius 2 is 2.33 bits per heavy atom. The number of hydrogen-bond donors (Lipinski definition) is 0. The van der Waals surface area contributed by atoms with E-state index >= 15 is 0 Å². The molecule has 1 aromatic rings. The van der Waals surface area contributed by atoms with Gasteiger partial charge in [0.1, 0.15) is 0 Å². The normalized spacial score (nSPS) is 26.0. The van der Waals surface area contributed by atoms with Crippen LogP contribution < -0.4 is 0 Å². The van der Waals surface area contributed by atoms with Gasteiger partial charge in [-0.05, 0) is 38.5 Å². The number of allylic oxidation sites excluding steroid dienone is 2. The molecule has 3 rings (SSSR count). The topological polar surface area (TPSA) is 33.2 Å². The molecule has 114 valence electrons. The number of rotatable bonds is 3. The zero-order valence-electron chi connectivity index (χ0n) is 12.8. The third kappa shape index (κ3) is 3.37. The van der Waals surface area contributed by atoms with Gasteiger partial charge in [-0.1, -0.05) is 19.1 Å². The molecule has 2 heterocycles. The van der Waals surface area contributed by atoms with Crippen LogP contribution in [0.3, 0.4) is 0 Å². The van der Waals surface area contributed by atoms with Crippen molar-refractivity contribution in [3.63, 3.8) is 0 Å². The van der Waals surface area contributed by atoms with Crippen molar-refractivity contribution in [2.75, 3.05) is 13.1 Å². The SMILES string of the molecule is CCc1csc([C@@H]2CCCN(C(=O)[C@H]3CC=CCC3)C2)n1. The molecule has 0 radical (unpaired) electrons. The Morgan fingerprint density at radius 3 is 3.05 bits per heavy atom. The van der Waals surface area contributed by atoms with E-state index in [1.54, 1.807) is 11.3 Å². The molecule has 1 fully saturated rings. The summed E-state index contributed by atoms with van der Waals surface area (Å²) in [5.74, 6) is 1.04. The number of amides is 1. The van der Waals surface area contributed by atoms with Gasteiger partial charge in [-0.2, -0.15) is 0 Å². The first kappa shape index (κ1) is 14.8. The minimum atomic E-state index is 0.219. The second-order valence-electron chi connectivity index (χ2n) is 6.14. The first-order valence-electron chi connectivity index (χ1n) is 8.16. The average Bonchev–Trinajstić information content (AvgIpc) is 3.04. The monoisotopic (exact) mass is 304 g/mol. The Morgan fingerprint density at radius 1 is 1.43 bits per heavy atom. The minimum Gasteiger partial charge on any atom is -0.342 e. The lowest BCUT2D eigenvalue weighted by atomic mass is 9.91. The number of carbonyl (C=O) groups excluding carboxylic acids is 1. The molecule has 4 heteroatoms. The predicted octanol–water partition coefficient (Wildman–Crippen LogP) is 3.77. The van der Waals surface area contributed by atoms with Crippen LogP contribution in [0.4, 0.5) is 0 Å². The third-order valence-corrected chi connectivity index (χ3v) is 5.69. The van der Waals surface area contributed by atoms with Crippen molar-refractivity contribution in [3.05, 3.63) is 28.2 Å². The summed E-state index contributed by atoms with van der Waals surface area (Å²) in [6.45, 7) is 3.95. The zero-order chi connectivity index (χ0) is 14.7. The lowest BCUT2D eigenvalue weighted by Crippen LogP contribution is -2.42. The summed E-state index contributed by atoms with van der Waals surface area (Å²) < 4.78 is 0. The van der Waals surface area contributed by atoms with Gasteiger partial charge in [0.05, 0.1) is 10.7 Å². The molecule has 21 heavy (non-hydrogen) atoms. The summed E-state index contributed by atoms with van der Waals surface area (Å²) in [6, 6.07) is 0. The molecule has 2 atom stereocenters. The van der Waals surface area contributed by atoms with Gasteiger partial charge in [-0.25, -0.2) is 4.98 Å². The van der Waals surface area contributed by atoms with E-state index in [1.165, 1.54) is 17.1 Å². The Hall–Kier alpha value is -1.16. The molecular formula is C17H24N2OS. The van der Waals surface area contributed by atoms with Gasteiger partial charge in [-0.15, -0.1) is 11.3 Å². The van der Waals surface area contributed by atoms with Crippen molar-refractivity contribution < 1.29 is 4.79 Å². The van der Waals surface area contributed by atoms with Crippen LogP contribution in [-0.4, -0.2) is 28.9 Å². The van der Waals surface area contributed by atoms with E-state index in [1.807, 2.05) is 0 Å². The number of hydrogen-bond acceptors (Lipinski definition) is 3. The smallest absolute Gasteiger partial charge is 0.226 e. The first-order chi connectivity index (χ1) is 10.3. The Labute approximate surface area is 131 Å². The van der Waals surface area contributed by atoms with Crippen molar-refractivity contribution in [2.45, 2.75) is 51.4 Å². The van der Waals surface area contributed by atoms with Crippen LogP contribution in [0.5, 0.6) is 0 Å². The number of piperidine rings is 1. The highest BCUT2D eigenvalue weighted by molar-refractivity contribution is 7.09. The maximum Gasteiger partial charge on any atom is 0.226 e. The van der Waals surface area contributed by atoms with Crippen LogP contribution >= 0.6 is 11.3 Å². The van der Waals surface area contributed by atoms with Gasteiger partial charge in [0.15, 0.2) is 0 Å². The van der Waals surface area contributed by atoms with E-state index in [0.29, 0.717) is 11.8 Å². The standard InChI is InChI=1S/C17H24N2OS/c1-2-15-12-21-16(18-15)14-9-6-10-19(11-14)17(20)13-7-4-3-5-8-13/h3-4,12-14H,2,5-11H2,1H3/t13-,14+/m0/s1. The van der Waals surface area contributed by atoms with Crippen molar-refractivity contribution in [3.8, 4) is 0 Å². The number of aryl methyl sites for hydroxylation is 1. The molecular weight excluding hydrogens is 280 g/mol. The molecule has 1 aliphatic heterocycles. The zero-order valence-corrected chi connectivity index (χ0v) is 13.6. The van der Waals surface area contributed by atoms with Gasteiger partial charge < -0.3 is 4.90 Å². The highest BCUT2D eigenvalue weighted by atomic mass is 32.1. The van der Waals surface area contributed by atoms with Crippen LogP contribution in [-0.2, 0) is 11.2 Å². The maximum absolute atomic E-state index is 12.7. The number of thiazole rings is 1. The summed E-state index contributed by atoms with van der Waals surface area (Å²) in [7, 11) is 0. The summed E-state index contributed by atoms with van der Waals surface area (Å²) in [4.78, 5) is 19.5. The van der Waals surface area contributed by atoms with Crippen LogP contribution in [0.1, 0.15) is 55.6 Å². The second-order valence-corrected chi connectivity index (χ2v) is 7.03. The summed E-state index contributed by atoms with van der Waals surface area (Å²) in [5.41, 5.74) is 1.19. The van der Waals surface area contributed by atoms with E-state index in [-0.39, 0.29) is 5.92 Å². The van der Waals surface area contributed by atoms with Gasteiger partial charge in [0.2, 0.25) is 5.91 Å². The van der Waals surface area contributed by atoms with Crippen LogP contribution in [0, 0.1) is 5.92 Å². The van der Waals surface area contributed by atoms with E-state index < -0.39 is 0 Å². The summed E-state index contributed by atoms with van der Waals surface area (Å²) in [6.07, 6.45) is 10.7. The maximum atomic E-state index is 12.7. The molecule has 0 unspecified atom stereocenters. The molecule has 1 saturated heterocycles. The second kappa shape index (κ2) is 6.73. The Balaban J connectivity index is 1.64. The fourth-order valence-corrected chi connectivity index (χ4v) is 4.36. The van der Waals surface area contributed by atoms with Crippen LogP contribution in [0.2, 0.25) is 0 Å². The Kier molecular flexibility index (Phi) is 4.73. The quantitative estimate of drug-likeness (QED) is 0.796. The van der Waals surface area contributed by atoms with Crippen LogP contribution in [0.25, 0.3) is 0 Å². The van der Waals surface area contributed by atoms with Crippen LogP contribution in [0.15, 0.2) is 17.5 Å².